The predicted molar refractivity (Wildman–Crippen MR) is 42.5 cm³/mol. The minimum atomic E-state index is -0.319. The van der Waals surface area contributed by atoms with Crippen molar-refractivity contribution in [1.82, 2.24) is 0 Å². The monoisotopic (exact) mass is 174 g/mol. The lowest BCUT2D eigenvalue weighted by Gasteiger charge is -2.01. The molecule has 0 bridgehead atoms. The van der Waals surface area contributed by atoms with Crippen molar-refractivity contribution in [3.8, 4) is 5.75 Å². The summed E-state index contributed by atoms with van der Waals surface area (Å²) in [4.78, 5) is 0. The lowest BCUT2D eigenvalue weighted by Crippen LogP contribution is -1.87. The fourth-order valence-corrected chi connectivity index (χ4v) is 0.970. The summed E-state index contributed by atoms with van der Waals surface area (Å²) >= 11 is 5.51. The summed E-state index contributed by atoms with van der Waals surface area (Å²) in [6.07, 6.45) is 0. The minimum absolute atomic E-state index is 0.300. The van der Waals surface area contributed by atoms with Gasteiger partial charge >= 0.3 is 0 Å². The molecule has 0 heterocycles. The van der Waals surface area contributed by atoms with Crippen LogP contribution < -0.4 is 4.74 Å². The van der Waals surface area contributed by atoms with Crippen LogP contribution in [0.25, 0.3) is 0 Å². The first kappa shape index (κ1) is 8.34. The fourth-order valence-electron chi connectivity index (χ4n) is 0.816. The highest BCUT2D eigenvalue weighted by Crippen LogP contribution is 2.16. The topological polar surface area (TPSA) is 9.23 Å². The van der Waals surface area contributed by atoms with Crippen LogP contribution in [-0.2, 0) is 5.88 Å². The lowest BCUT2D eigenvalue weighted by atomic mass is 10.2. The van der Waals surface area contributed by atoms with Crippen molar-refractivity contribution in [3.05, 3.63) is 29.6 Å². The molecule has 11 heavy (non-hydrogen) atoms. The number of ether oxygens (including phenoxy) is 1. The molecule has 0 fully saturated rings. The van der Waals surface area contributed by atoms with Crippen molar-refractivity contribution in [2.75, 3.05) is 7.11 Å². The number of halogens is 2. The second kappa shape index (κ2) is 3.58. The Kier molecular flexibility index (Phi) is 2.71. The Morgan fingerprint density at radius 1 is 1.45 bits per heavy atom. The summed E-state index contributed by atoms with van der Waals surface area (Å²) in [5, 5.41) is 0. The zero-order valence-electron chi connectivity index (χ0n) is 6.10. The van der Waals surface area contributed by atoms with E-state index in [1.54, 1.807) is 6.07 Å². The van der Waals surface area contributed by atoms with E-state index >= 15 is 0 Å². The van der Waals surface area contributed by atoms with Gasteiger partial charge in [0.15, 0.2) is 0 Å². The van der Waals surface area contributed by atoms with Gasteiger partial charge in [0.25, 0.3) is 0 Å². The van der Waals surface area contributed by atoms with E-state index in [9.17, 15) is 4.39 Å². The zero-order chi connectivity index (χ0) is 8.27. The average molecular weight is 175 g/mol. The van der Waals surface area contributed by atoms with Gasteiger partial charge in [-0.1, -0.05) is 0 Å². The van der Waals surface area contributed by atoms with E-state index in [4.69, 9.17) is 16.3 Å². The number of hydrogen-bond acceptors (Lipinski definition) is 1. The van der Waals surface area contributed by atoms with Crippen molar-refractivity contribution >= 4 is 11.6 Å². The van der Waals surface area contributed by atoms with Gasteiger partial charge in [-0.3, -0.25) is 0 Å². The Morgan fingerprint density at radius 3 is 2.73 bits per heavy atom. The minimum Gasteiger partial charge on any atom is -0.497 e. The van der Waals surface area contributed by atoms with E-state index < -0.39 is 0 Å². The molecule has 0 spiro atoms. The standard InChI is InChI=1S/C8H8ClFO/c1-11-8-3-6(5-9)2-7(10)4-8/h2-4H,5H2,1H3. The summed E-state index contributed by atoms with van der Waals surface area (Å²) in [6.45, 7) is 0. The predicted octanol–water partition coefficient (Wildman–Crippen LogP) is 2.57. The maximum atomic E-state index is 12.7. The number of hydrogen-bond donors (Lipinski definition) is 0. The van der Waals surface area contributed by atoms with Gasteiger partial charge < -0.3 is 4.74 Å². The summed E-state index contributed by atoms with van der Waals surface area (Å²) in [6, 6.07) is 4.40. The van der Waals surface area contributed by atoms with Gasteiger partial charge in [-0.15, -0.1) is 11.6 Å². The van der Waals surface area contributed by atoms with E-state index in [1.807, 2.05) is 0 Å². The molecule has 1 nitrogen and oxygen atoms in total. The summed E-state index contributed by atoms with van der Waals surface area (Å²) in [5.74, 6) is 0.481. The molecule has 3 heteroatoms. The molecule has 1 rings (SSSR count). The Balaban J connectivity index is 3.02. The first-order chi connectivity index (χ1) is 5.26. The quantitative estimate of drug-likeness (QED) is 0.627. The molecule has 0 N–H and O–H groups in total. The fraction of sp³-hybridized carbons (Fsp3) is 0.250. The number of benzene rings is 1. The van der Waals surface area contributed by atoms with Crippen LogP contribution in [0.5, 0.6) is 5.75 Å². The zero-order valence-corrected chi connectivity index (χ0v) is 6.86. The Labute approximate surface area is 69.7 Å². The highest BCUT2D eigenvalue weighted by atomic mass is 35.5. The van der Waals surface area contributed by atoms with E-state index in [2.05, 4.69) is 0 Å². The smallest absolute Gasteiger partial charge is 0.127 e. The molecule has 0 radical (unpaired) electrons. The molecule has 0 aliphatic rings. The van der Waals surface area contributed by atoms with Crippen molar-refractivity contribution in [2.45, 2.75) is 5.88 Å². The van der Waals surface area contributed by atoms with Gasteiger partial charge in [-0.05, 0) is 17.7 Å². The third-order valence-electron chi connectivity index (χ3n) is 1.32. The molecular formula is C8H8ClFO. The van der Waals surface area contributed by atoms with Gasteiger partial charge in [-0.25, -0.2) is 4.39 Å². The molecule has 0 unspecified atom stereocenters. The molecule has 0 amide bonds. The third-order valence-corrected chi connectivity index (χ3v) is 1.63. The number of rotatable bonds is 2. The van der Waals surface area contributed by atoms with Gasteiger partial charge in [0, 0.05) is 11.9 Å². The molecule has 0 saturated heterocycles. The van der Waals surface area contributed by atoms with Crippen molar-refractivity contribution < 1.29 is 9.13 Å². The van der Waals surface area contributed by atoms with Crippen LogP contribution in [0.4, 0.5) is 4.39 Å². The Morgan fingerprint density at radius 2 is 2.18 bits per heavy atom. The molecular weight excluding hydrogens is 167 g/mol. The Hall–Kier alpha value is -0.760. The summed E-state index contributed by atoms with van der Waals surface area (Å²) < 4.78 is 17.5. The van der Waals surface area contributed by atoms with Crippen LogP contribution in [0.2, 0.25) is 0 Å². The van der Waals surface area contributed by atoms with Crippen LogP contribution in [-0.4, -0.2) is 7.11 Å². The largest absolute Gasteiger partial charge is 0.497 e. The van der Waals surface area contributed by atoms with Gasteiger partial charge in [0.1, 0.15) is 11.6 Å². The van der Waals surface area contributed by atoms with Crippen molar-refractivity contribution in [1.29, 1.82) is 0 Å². The van der Waals surface area contributed by atoms with E-state index in [1.165, 1.54) is 19.2 Å². The van der Waals surface area contributed by atoms with Crippen LogP contribution in [0.1, 0.15) is 5.56 Å². The van der Waals surface area contributed by atoms with E-state index in [0.29, 0.717) is 11.6 Å². The second-order valence-electron chi connectivity index (χ2n) is 2.13. The van der Waals surface area contributed by atoms with Crippen LogP contribution in [0.15, 0.2) is 18.2 Å². The molecule has 0 aromatic heterocycles. The van der Waals surface area contributed by atoms with E-state index in [-0.39, 0.29) is 5.82 Å². The lowest BCUT2D eigenvalue weighted by molar-refractivity contribution is 0.411. The number of alkyl halides is 1. The highest BCUT2D eigenvalue weighted by molar-refractivity contribution is 6.17. The molecule has 0 saturated carbocycles. The van der Waals surface area contributed by atoms with Crippen LogP contribution >= 0.6 is 11.6 Å². The second-order valence-corrected chi connectivity index (χ2v) is 2.40. The normalized spacial score (nSPS) is 9.73. The molecule has 0 atom stereocenters. The molecule has 0 aliphatic heterocycles. The average Bonchev–Trinajstić information content (AvgIpc) is 2.03. The molecule has 1 aromatic carbocycles. The third kappa shape index (κ3) is 2.09. The summed E-state index contributed by atoms with van der Waals surface area (Å²) in [7, 11) is 1.49. The molecule has 0 aliphatic carbocycles. The number of methoxy groups -OCH3 is 1. The summed E-state index contributed by atoms with van der Waals surface area (Å²) in [5.41, 5.74) is 0.725. The molecule has 60 valence electrons. The Bertz CT molecular complexity index is 228. The van der Waals surface area contributed by atoms with Crippen molar-refractivity contribution in [3.63, 3.8) is 0 Å². The SMILES string of the molecule is COc1cc(F)cc(CCl)c1. The van der Waals surface area contributed by atoms with Crippen LogP contribution in [0, 0.1) is 5.82 Å². The van der Waals surface area contributed by atoms with E-state index in [0.717, 1.165) is 5.56 Å². The first-order valence-corrected chi connectivity index (χ1v) is 3.69. The van der Waals surface area contributed by atoms with Crippen molar-refractivity contribution in [2.24, 2.45) is 0 Å². The van der Waals surface area contributed by atoms with Gasteiger partial charge in [0.2, 0.25) is 0 Å². The van der Waals surface area contributed by atoms with Gasteiger partial charge in [-0.2, -0.15) is 0 Å². The maximum absolute atomic E-state index is 12.7. The first-order valence-electron chi connectivity index (χ1n) is 3.15. The molecule has 1 aromatic rings. The van der Waals surface area contributed by atoms with Gasteiger partial charge in [0.05, 0.1) is 7.11 Å². The highest BCUT2D eigenvalue weighted by Gasteiger charge is 1.98. The maximum Gasteiger partial charge on any atom is 0.127 e. The van der Waals surface area contributed by atoms with Crippen LogP contribution in [0.3, 0.4) is 0 Å².